The lowest BCUT2D eigenvalue weighted by atomic mass is 9.70. The van der Waals surface area contributed by atoms with E-state index in [1.54, 1.807) is 68.1 Å². The van der Waals surface area contributed by atoms with Crippen molar-refractivity contribution in [1.82, 2.24) is 60.3 Å². The lowest BCUT2D eigenvalue weighted by Gasteiger charge is -2.54. The van der Waals surface area contributed by atoms with Gasteiger partial charge in [0.05, 0.1) is 29.8 Å². The standard InChI is InChI=1S/C29H22N14O/c1-2-8-31-19(5-1)23-24(20-17-30-12-13-32-20)29(21-6-3-16-44-21,27-33-9-4-10-34-27)43(28-35-14-15-36-28)42(22-7-11-38-40-22)25(23)26-37-18-39-41-26/h1-18,24H,(H,35,36)(H,38,40)(H,37,39,41). The SMILES string of the molecule is c1ccc(C2=C(c3ncn[nH]3)N(c3ccn[nH]3)N(c3ncc[nH]3)C(c3ncccn3)(c3ccco3)C2c2cnccn2)nc1. The van der Waals surface area contributed by atoms with Gasteiger partial charge in [-0.3, -0.25) is 25.1 Å². The topological polar surface area (TPSA) is 183 Å². The molecular weight excluding hydrogens is 560 g/mol. The first-order valence-electron chi connectivity index (χ1n) is 13.5. The van der Waals surface area contributed by atoms with E-state index in [1.165, 1.54) is 6.33 Å². The molecule has 0 radical (unpaired) electrons. The molecule has 0 saturated heterocycles. The molecule has 7 aromatic heterocycles. The average Bonchev–Trinajstić information content (AvgIpc) is 3.93. The van der Waals surface area contributed by atoms with Crippen LogP contribution in [-0.4, -0.2) is 60.3 Å². The highest BCUT2D eigenvalue weighted by molar-refractivity contribution is 6.01. The van der Waals surface area contributed by atoms with E-state index >= 15 is 0 Å². The van der Waals surface area contributed by atoms with E-state index in [9.17, 15) is 0 Å². The van der Waals surface area contributed by atoms with Gasteiger partial charge in [-0.1, -0.05) is 6.07 Å². The fourth-order valence-corrected chi connectivity index (χ4v) is 5.80. The van der Waals surface area contributed by atoms with Crippen LogP contribution in [0.5, 0.6) is 0 Å². The predicted molar refractivity (Wildman–Crippen MR) is 156 cm³/mol. The number of rotatable bonds is 7. The van der Waals surface area contributed by atoms with Gasteiger partial charge in [0.2, 0.25) is 5.95 Å². The molecule has 8 rings (SSSR count). The summed E-state index contributed by atoms with van der Waals surface area (Å²) in [7, 11) is 0. The summed E-state index contributed by atoms with van der Waals surface area (Å²) in [6, 6.07) is 13.0. The minimum atomic E-state index is -1.39. The van der Waals surface area contributed by atoms with Gasteiger partial charge in [-0.25, -0.2) is 30.0 Å². The third-order valence-corrected chi connectivity index (χ3v) is 7.37. The van der Waals surface area contributed by atoms with E-state index < -0.39 is 11.5 Å². The molecule has 0 aliphatic carbocycles. The Morgan fingerprint density at radius 2 is 1.70 bits per heavy atom. The molecule has 0 aromatic carbocycles. The highest BCUT2D eigenvalue weighted by Gasteiger charge is 2.62. The second-order valence-electron chi connectivity index (χ2n) is 9.67. The van der Waals surface area contributed by atoms with Gasteiger partial charge in [0.1, 0.15) is 23.6 Å². The Kier molecular flexibility index (Phi) is 5.96. The van der Waals surface area contributed by atoms with Crippen LogP contribution in [-0.2, 0) is 5.54 Å². The summed E-state index contributed by atoms with van der Waals surface area (Å²) < 4.78 is 6.34. The normalized spacial score (nSPS) is 18.6. The second kappa shape index (κ2) is 10.4. The molecule has 8 heterocycles. The van der Waals surface area contributed by atoms with Gasteiger partial charge in [0, 0.05) is 61.2 Å². The van der Waals surface area contributed by atoms with Crippen molar-refractivity contribution in [3.05, 3.63) is 140 Å². The lowest BCUT2D eigenvalue weighted by molar-refractivity contribution is 0.317. The zero-order valence-corrected chi connectivity index (χ0v) is 22.8. The third-order valence-electron chi connectivity index (χ3n) is 7.37. The van der Waals surface area contributed by atoms with Crippen molar-refractivity contribution in [2.24, 2.45) is 0 Å². The van der Waals surface area contributed by atoms with Gasteiger partial charge >= 0.3 is 0 Å². The van der Waals surface area contributed by atoms with Gasteiger partial charge in [-0.15, -0.1) is 0 Å². The first kappa shape index (κ1) is 25.2. The number of H-pyrrole nitrogens is 3. The summed E-state index contributed by atoms with van der Waals surface area (Å²) in [5.41, 5.74) is 1.15. The number of hydrogen-bond donors (Lipinski definition) is 3. The van der Waals surface area contributed by atoms with Gasteiger partial charge in [0.25, 0.3) is 0 Å². The van der Waals surface area contributed by atoms with Crippen LogP contribution in [0.4, 0.5) is 11.8 Å². The van der Waals surface area contributed by atoms with E-state index in [-0.39, 0.29) is 0 Å². The highest BCUT2D eigenvalue weighted by atomic mass is 16.3. The van der Waals surface area contributed by atoms with Gasteiger partial charge in [0.15, 0.2) is 17.2 Å². The summed E-state index contributed by atoms with van der Waals surface area (Å²) in [6.45, 7) is 0. The van der Waals surface area contributed by atoms with Gasteiger partial charge in [-0.05, 0) is 30.3 Å². The number of hydrogen-bond acceptors (Lipinski definition) is 12. The van der Waals surface area contributed by atoms with E-state index in [1.807, 2.05) is 46.4 Å². The first-order valence-corrected chi connectivity index (χ1v) is 13.5. The molecule has 15 heteroatoms. The van der Waals surface area contributed by atoms with Crippen LogP contribution in [0.15, 0.2) is 115 Å². The van der Waals surface area contributed by atoms with Crippen LogP contribution in [0.1, 0.15) is 34.7 Å². The summed E-state index contributed by atoms with van der Waals surface area (Å²) in [6.07, 6.45) is 18.3. The zero-order valence-electron chi connectivity index (χ0n) is 22.8. The zero-order chi connectivity index (χ0) is 29.3. The van der Waals surface area contributed by atoms with Crippen LogP contribution in [0.3, 0.4) is 0 Å². The van der Waals surface area contributed by atoms with Crippen LogP contribution < -0.4 is 10.0 Å². The molecule has 0 saturated carbocycles. The fraction of sp³-hybridized carbons (Fsp3) is 0.0690. The lowest BCUT2D eigenvalue weighted by Crippen LogP contribution is -2.63. The second-order valence-corrected chi connectivity index (χ2v) is 9.67. The summed E-state index contributed by atoms with van der Waals surface area (Å²) in [5.74, 6) is 1.65. The van der Waals surface area contributed by atoms with E-state index in [4.69, 9.17) is 29.3 Å². The molecule has 1 aliphatic heterocycles. The number of aromatic amines is 3. The molecule has 15 nitrogen and oxygen atoms in total. The summed E-state index contributed by atoms with van der Waals surface area (Å²) >= 11 is 0. The van der Waals surface area contributed by atoms with Crippen molar-refractivity contribution in [3.8, 4) is 0 Å². The molecular formula is C29H22N14O. The number of nitrogens with zero attached hydrogens (tertiary/aromatic N) is 11. The molecule has 2 atom stereocenters. The number of hydrazine groups is 1. The average molecular weight is 583 g/mol. The Morgan fingerprint density at radius 1 is 0.773 bits per heavy atom. The van der Waals surface area contributed by atoms with Crippen molar-refractivity contribution in [3.63, 3.8) is 0 Å². The molecule has 0 amide bonds. The quantitative estimate of drug-likeness (QED) is 0.249. The molecule has 44 heavy (non-hydrogen) atoms. The number of nitrogens with one attached hydrogen (secondary N) is 3. The maximum atomic E-state index is 6.34. The van der Waals surface area contributed by atoms with Crippen molar-refractivity contribution in [2.75, 3.05) is 10.0 Å². The number of imidazole rings is 1. The highest BCUT2D eigenvalue weighted by Crippen LogP contribution is 2.59. The smallest absolute Gasteiger partial charge is 0.223 e. The van der Waals surface area contributed by atoms with Crippen molar-refractivity contribution >= 4 is 23.0 Å². The minimum Gasteiger partial charge on any atom is -0.466 e. The van der Waals surface area contributed by atoms with Crippen molar-refractivity contribution in [1.29, 1.82) is 0 Å². The Labute approximate surface area is 248 Å². The Hall–Kier alpha value is -6.51. The summed E-state index contributed by atoms with van der Waals surface area (Å²) in [5, 5.41) is 18.5. The molecule has 214 valence electrons. The van der Waals surface area contributed by atoms with Crippen LogP contribution >= 0.6 is 0 Å². The molecule has 7 aromatic rings. The molecule has 0 bridgehead atoms. The molecule has 0 spiro atoms. The van der Waals surface area contributed by atoms with Crippen molar-refractivity contribution < 1.29 is 4.42 Å². The van der Waals surface area contributed by atoms with E-state index in [0.717, 1.165) is 0 Å². The third kappa shape index (κ3) is 3.79. The van der Waals surface area contributed by atoms with Crippen molar-refractivity contribution in [2.45, 2.75) is 11.5 Å². The fourth-order valence-electron chi connectivity index (χ4n) is 5.80. The molecule has 0 fully saturated rings. The number of anilines is 2. The maximum absolute atomic E-state index is 6.34. The minimum absolute atomic E-state index is 0.400. The first-order chi connectivity index (χ1) is 21.9. The molecule has 3 N–H and O–H groups in total. The Balaban J connectivity index is 1.63. The summed E-state index contributed by atoms with van der Waals surface area (Å²) in [4.78, 5) is 36.6. The van der Waals surface area contributed by atoms with Crippen LogP contribution in [0.25, 0.3) is 11.3 Å². The van der Waals surface area contributed by atoms with Gasteiger partial charge < -0.3 is 9.40 Å². The van der Waals surface area contributed by atoms with E-state index in [2.05, 4.69) is 35.3 Å². The molecule has 2 unspecified atom stereocenters. The monoisotopic (exact) mass is 582 g/mol. The Morgan fingerprint density at radius 3 is 2.39 bits per heavy atom. The van der Waals surface area contributed by atoms with Crippen LogP contribution in [0, 0.1) is 0 Å². The van der Waals surface area contributed by atoms with E-state index in [0.29, 0.717) is 51.8 Å². The predicted octanol–water partition coefficient (Wildman–Crippen LogP) is 3.36. The van der Waals surface area contributed by atoms with Gasteiger partial charge in [-0.2, -0.15) is 10.2 Å². The molecule has 1 aliphatic rings. The number of aromatic nitrogens is 12. The Bertz CT molecular complexity index is 1960. The maximum Gasteiger partial charge on any atom is 0.223 e. The number of furan rings is 1. The van der Waals surface area contributed by atoms with Crippen LogP contribution in [0.2, 0.25) is 0 Å². The number of pyridine rings is 1. The largest absolute Gasteiger partial charge is 0.466 e.